The molecular weight excluding hydrogens is 308 g/mol. The Morgan fingerprint density at radius 2 is 1.96 bits per heavy atom. The van der Waals surface area contributed by atoms with Gasteiger partial charge < -0.3 is 10.1 Å². The molecule has 1 aromatic heterocycles. The SMILES string of the molecule is COCCN(Cc1ccc(NC(C)=O)cc1)Cc1sccc1C. The molecule has 23 heavy (non-hydrogen) atoms. The van der Waals surface area contributed by atoms with Crippen LogP contribution in [0.2, 0.25) is 0 Å². The van der Waals surface area contributed by atoms with Crippen molar-refractivity contribution in [3.05, 3.63) is 51.7 Å². The largest absolute Gasteiger partial charge is 0.383 e. The van der Waals surface area contributed by atoms with Crippen molar-refractivity contribution >= 4 is 22.9 Å². The van der Waals surface area contributed by atoms with Crippen LogP contribution in [-0.2, 0) is 22.6 Å². The summed E-state index contributed by atoms with van der Waals surface area (Å²) in [7, 11) is 1.73. The van der Waals surface area contributed by atoms with E-state index in [2.05, 4.69) is 40.7 Å². The summed E-state index contributed by atoms with van der Waals surface area (Å²) in [6.07, 6.45) is 0. The van der Waals surface area contributed by atoms with E-state index >= 15 is 0 Å². The lowest BCUT2D eigenvalue weighted by molar-refractivity contribution is -0.114. The van der Waals surface area contributed by atoms with Gasteiger partial charge in [0.25, 0.3) is 0 Å². The molecule has 1 heterocycles. The van der Waals surface area contributed by atoms with E-state index in [1.54, 1.807) is 18.4 Å². The van der Waals surface area contributed by atoms with E-state index in [4.69, 9.17) is 4.74 Å². The average molecular weight is 332 g/mol. The minimum atomic E-state index is -0.0485. The highest BCUT2D eigenvalue weighted by Crippen LogP contribution is 2.19. The van der Waals surface area contributed by atoms with Crippen LogP contribution in [0.5, 0.6) is 0 Å². The van der Waals surface area contributed by atoms with Crippen LogP contribution < -0.4 is 5.32 Å². The third-order valence-electron chi connectivity index (χ3n) is 3.63. The average Bonchev–Trinajstić information content (AvgIpc) is 2.91. The molecule has 1 amide bonds. The van der Waals surface area contributed by atoms with E-state index in [0.717, 1.165) is 25.3 Å². The maximum atomic E-state index is 11.1. The summed E-state index contributed by atoms with van der Waals surface area (Å²) < 4.78 is 5.24. The zero-order valence-electron chi connectivity index (χ0n) is 14.0. The van der Waals surface area contributed by atoms with Crippen molar-refractivity contribution in [3.8, 4) is 0 Å². The highest BCUT2D eigenvalue weighted by atomic mass is 32.1. The number of thiophene rings is 1. The lowest BCUT2D eigenvalue weighted by Gasteiger charge is -2.22. The molecule has 0 fully saturated rings. The van der Waals surface area contributed by atoms with Crippen LogP contribution in [0, 0.1) is 6.92 Å². The molecule has 4 nitrogen and oxygen atoms in total. The quantitative estimate of drug-likeness (QED) is 0.802. The van der Waals surface area contributed by atoms with Crippen LogP contribution in [0.25, 0.3) is 0 Å². The fourth-order valence-corrected chi connectivity index (χ4v) is 3.31. The Balaban J connectivity index is 2.01. The first-order chi connectivity index (χ1) is 11.1. The molecule has 0 bridgehead atoms. The van der Waals surface area contributed by atoms with Crippen LogP contribution >= 0.6 is 11.3 Å². The second-order valence-electron chi connectivity index (χ2n) is 5.61. The number of rotatable bonds is 8. The molecule has 2 aromatic rings. The summed E-state index contributed by atoms with van der Waals surface area (Å²) >= 11 is 1.80. The van der Waals surface area contributed by atoms with E-state index in [1.165, 1.54) is 22.9 Å². The van der Waals surface area contributed by atoms with Crippen LogP contribution in [-0.4, -0.2) is 31.1 Å². The number of anilines is 1. The van der Waals surface area contributed by atoms with E-state index in [0.29, 0.717) is 6.61 Å². The molecule has 0 unspecified atom stereocenters. The number of ether oxygens (including phenoxy) is 1. The number of nitrogens with one attached hydrogen (secondary N) is 1. The minimum absolute atomic E-state index is 0.0485. The molecule has 0 aliphatic rings. The van der Waals surface area contributed by atoms with Crippen molar-refractivity contribution in [1.29, 1.82) is 0 Å². The molecule has 0 saturated carbocycles. The predicted molar refractivity (Wildman–Crippen MR) is 95.8 cm³/mol. The predicted octanol–water partition coefficient (Wildman–Crippen LogP) is 3.66. The Morgan fingerprint density at radius 1 is 1.22 bits per heavy atom. The molecule has 124 valence electrons. The van der Waals surface area contributed by atoms with Crippen molar-refractivity contribution in [2.24, 2.45) is 0 Å². The maximum absolute atomic E-state index is 11.1. The first kappa shape index (κ1) is 17.7. The zero-order chi connectivity index (χ0) is 16.7. The smallest absolute Gasteiger partial charge is 0.221 e. The van der Waals surface area contributed by atoms with Gasteiger partial charge in [-0.3, -0.25) is 9.69 Å². The summed E-state index contributed by atoms with van der Waals surface area (Å²) in [5.41, 5.74) is 3.40. The molecule has 0 atom stereocenters. The van der Waals surface area contributed by atoms with E-state index in [-0.39, 0.29) is 5.91 Å². The maximum Gasteiger partial charge on any atom is 0.221 e. The third kappa shape index (κ3) is 5.78. The summed E-state index contributed by atoms with van der Waals surface area (Å²) in [6, 6.07) is 10.2. The van der Waals surface area contributed by atoms with Gasteiger partial charge in [0.1, 0.15) is 0 Å². The van der Waals surface area contributed by atoms with E-state index < -0.39 is 0 Å². The van der Waals surface area contributed by atoms with Crippen LogP contribution in [0.4, 0.5) is 5.69 Å². The number of amides is 1. The summed E-state index contributed by atoms with van der Waals surface area (Å²) in [6.45, 7) is 7.07. The van der Waals surface area contributed by atoms with Gasteiger partial charge >= 0.3 is 0 Å². The molecule has 0 saturated heterocycles. The lowest BCUT2D eigenvalue weighted by atomic mass is 10.2. The van der Waals surface area contributed by atoms with E-state index in [1.807, 2.05) is 12.1 Å². The van der Waals surface area contributed by atoms with Gasteiger partial charge in [-0.1, -0.05) is 12.1 Å². The van der Waals surface area contributed by atoms with Crippen molar-refractivity contribution in [1.82, 2.24) is 4.90 Å². The van der Waals surface area contributed by atoms with Crippen molar-refractivity contribution in [3.63, 3.8) is 0 Å². The number of hydrogen-bond donors (Lipinski definition) is 1. The van der Waals surface area contributed by atoms with Gasteiger partial charge in [-0.05, 0) is 41.6 Å². The van der Waals surface area contributed by atoms with Gasteiger partial charge in [-0.25, -0.2) is 0 Å². The fourth-order valence-electron chi connectivity index (χ4n) is 2.36. The molecule has 0 radical (unpaired) electrons. The van der Waals surface area contributed by atoms with Gasteiger partial charge in [0.2, 0.25) is 5.91 Å². The Labute approximate surface area is 142 Å². The standard InChI is InChI=1S/C18H24N2O2S/c1-14-8-11-23-18(14)13-20(9-10-22-3)12-16-4-6-17(7-5-16)19-15(2)21/h4-8,11H,9-10,12-13H2,1-3H3,(H,19,21). The Morgan fingerprint density at radius 3 is 2.52 bits per heavy atom. The highest BCUT2D eigenvalue weighted by Gasteiger charge is 2.10. The van der Waals surface area contributed by atoms with E-state index in [9.17, 15) is 4.79 Å². The second-order valence-corrected chi connectivity index (χ2v) is 6.61. The van der Waals surface area contributed by atoms with Gasteiger partial charge in [-0.15, -0.1) is 11.3 Å². The normalized spacial score (nSPS) is 11.0. The lowest BCUT2D eigenvalue weighted by Crippen LogP contribution is -2.26. The third-order valence-corrected chi connectivity index (χ3v) is 4.64. The summed E-state index contributed by atoms with van der Waals surface area (Å²) in [4.78, 5) is 14.9. The molecule has 0 aliphatic carbocycles. The number of nitrogens with zero attached hydrogens (tertiary/aromatic N) is 1. The number of benzene rings is 1. The molecule has 1 aromatic carbocycles. The Bertz CT molecular complexity index is 622. The zero-order valence-corrected chi connectivity index (χ0v) is 14.8. The molecule has 1 N–H and O–H groups in total. The first-order valence-corrected chi connectivity index (χ1v) is 8.57. The van der Waals surface area contributed by atoms with Crippen LogP contribution in [0.1, 0.15) is 22.9 Å². The molecule has 0 spiro atoms. The second kappa shape index (κ2) is 8.82. The topological polar surface area (TPSA) is 41.6 Å². The number of carbonyl (C=O) groups excluding carboxylic acids is 1. The number of hydrogen-bond acceptors (Lipinski definition) is 4. The highest BCUT2D eigenvalue weighted by molar-refractivity contribution is 7.10. The van der Waals surface area contributed by atoms with Gasteiger partial charge in [0.05, 0.1) is 6.61 Å². The molecule has 5 heteroatoms. The number of carbonyl (C=O) groups is 1. The van der Waals surface area contributed by atoms with Crippen molar-refractivity contribution < 1.29 is 9.53 Å². The molecular formula is C18H24N2O2S. The van der Waals surface area contributed by atoms with Crippen LogP contribution in [0.15, 0.2) is 35.7 Å². The van der Waals surface area contributed by atoms with Gasteiger partial charge in [0, 0.05) is 44.2 Å². The summed E-state index contributed by atoms with van der Waals surface area (Å²) in [5, 5.41) is 4.93. The molecule has 2 rings (SSSR count). The Kier molecular flexibility index (Phi) is 6.77. The monoisotopic (exact) mass is 332 g/mol. The van der Waals surface area contributed by atoms with Crippen molar-refractivity contribution in [2.75, 3.05) is 25.6 Å². The number of methoxy groups -OCH3 is 1. The van der Waals surface area contributed by atoms with Gasteiger partial charge in [0.15, 0.2) is 0 Å². The number of aryl methyl sites for hydroxylation is 1. The Hall–Kier alpha value is -1.69. The fraction of sp³-hybridized carbons (Fsp3) is 0.389. The van der Waals surface area contributed by atoms with Crippen molar-refractivity contribution in [2.45, 2.75) is 26.9 Å². The minimum Gasteiger partial charge on any atom is -0.383 e. The molecule has 0 aliphatic heterocycles. The van der Waals surface area contributed by atoms with Crippen LogP contribution in [0.3, 0.4) is 0 Å². The first-order valence-electron chi connectivity index (χ1n) is 7.69. The van der Waals surface area contributed by atoms with Gasteiger partial charge in [-0.2, -0.15) is 0 Å². The summed E-state index contributed by atoms with van der Waals surface area (Å²) in [5.74, 6) is -0.0485.